The number of hydrogen-bond acceptors (Lipinski definition) is 1. The summed E-state index contributed by atoms with van der Waals surface area (Å²) in [5, 5.41) is 0. The first kappa shape index (κ1) is 33.4. The van der Waals surface area contributed by atoms with E-state index in [-0.39, 0.29) is 5.92 Å². The highest BCUT2D eigenvalue weighted by molar-refractivity contribution is 5.85. The van der Waals surface area contributed by atoms with Crippen molar-refractivity contribution >= 4 is 17.1 Å². The van der Waals surface area contributed by atoms with Crippen molar-refractivity contribution in [1.29, 1.82) is 0 Å². The third kappa shape index (κ3) is 6.30. The molecule has 264 valence electrons. The Labute approximate surface area is 329 Å². The van der Waals surface area contributed by atoms with Crippen molar-refractivity contribution in [3.8, 4) is 55.6 Å². The molecule has 0 aliphatic heterocycles. The Bertz CT molecular complexity index is 2650. The minimum Gasteiger partial charge on any atom is -0.311 e. The van der Waals surface area contributed by atoms with E-state index in [1.54, 1.807) is 0 Å². The Kier molecular flexibility index (Phi) is 8.67. The first-order chi connectivity index (χ1) is 27.8. The fourth-order valence-electron chi connectivity index (χ4n) is 8.36. The van der Waals surface area contributed by atoms with Crippen molar-refractivity contribution in [1.82, 2.24) is 0 Å². The summed E-state index contributed by atoms with van der Waals surface area (Å²) in [5.74, 6) is 0.264. The molecular weight excluding hydrogens is 675 g/mol. The fourth-order valence-corrected chi connectivity index (χ4v) is 8.36. The monoisotopic (exact) mass is 713 g/mol. The van der Waals surface area contributed by atoms with Crippen LogP contribution in [0, 0.1) is 0 Å². The minimum atomic E-state index is 0.264. The quantitative estimate of drug-likeness (QED) is 0.152. The maximum absolute atomic E-state index is 2.38. The van der Waals surface area contributed by atoms with Crippen LogP contribution >= 0.6 is 0 Å². The van der Waals surface area contributed by atoms with E-state index in [0.29, 0.717) is 0 Å². The predicted molar refractivity (Wildman–Crippen MR) is 236 cm³/mol. The molecular formula is C55H39N. The van der Waals surface area contributed by atoms with Gasteiger partial charge in [-0.3, -0.25) is 0 Å². The van der Waals surface area contributed by atoms with Gasteiger partial charge in [-0.1, -0.05) is 188 Å². The first-order valence-corrected chi connectivity index (χ1v) is 19.4. The lowest BCUT2D eigenvalue weighted by atomic mass is 9.89. The van der Waals surface area contributed by atoms with Gasteiger partial charge in [0, 0.05) is 23.0 Å². The van der Waals surface area contributed by atoms with Crippen molar-refractivity contribution in [2.24, 2.45) is 0 Å². The molecule has 0 N–H and O–H groups in total. The topological polar surface area (TPSA) is 3.24 Å². The molecule has 0 heterocycles. The van der Waals surface area contributed by atoms with E-state index in [9.17, 15) is 0 Å². The SMILES string of the molecule is c1ccc(-c2ccc(N(c3ccc(-c4ccccc4)cc3)c3ccc(-c4ccc(-c5ccc6c(c5)-c5ccccc5C6c5ccccc5)cc4)cc3)cc2)cc1. The summed E-state index contributed by atoms with van der Waals surface area (Å²) in [6.07, 6.45) is 0. The van der Waals surface area contributed by atoms with Crippen molar-refractivity contribution in [3.05, 3.63) is 247 Å². The van der Waals surface area contributed by atoms with E-state index in [0.717, 1.165) is 17.1 Å². The zero-order valence-electron chi connectivity index (χ0n) is 31.0. The Balaban J connectivity index is 0.944. The third-order valence-corrected chi connectivity index (χ3v) is 11.2. The summed E-state index contributed by atoms with van der Waals surface area (Å²) in [4.78, 5) is 2.34. The van der Waals surface area contributed by atoms with Crippen LogP contribution < -0.4 is 4.90 Å². The van der Waals surface area contributed by atoms with E-state index < -0.39 is 0 Å². The van der Waals surface area contributed by atoms with Gasteiger partial charge < -0.3 is 4.90 Å². The van der Waals surface area contributed by atoms with Gasteiger partial charge in [-0.15, -0.1) is 0 Å². The second-order valence-electron chi connectivity index (χ2n) is 14.5. The van der Waals surface area contributed by atoms with E-state index in [4.69, 9.17) is 0 Å². The van der Waals surface area contributed by atoms with E-state index in [1.807, 2.05) is 0 Å². The Morgan fingerprint density at radius 1 is 0.250 bits per heavy atom. The second kappa shape index (κ2) is 14.5. The standard InChI is InChI=1S/C55H39N/c1-4-12-39(13-5-1)42-24-31-48(32-25-42)56(49-33-26-43(27-34-49)40-14-6-2-7-15-40)50-35-28-44(29-36-50)41-20-22-45(23-21-41)47-30-37-53-54(38-47)51-18-10-11-19-52(51)55(53)46-16-8-3-9-17-46/h1-38,55H. The van der Waals surface area contributed by atoms with Crippen molar-refractivity contribution in [2.45, 2.75) is 5.92 Å². The fraction of sp³-hybridized carbons (Fsp3) is 0.0182. The summed E-state index contributed by atoms with van der Waals surface area (Å²) < 4.78 is 0. The van der Waals surface area contributed by atoms with Gasteiger partial charge in [0.25, 0.3) is 0 Å². The zero-order chi connectivity index (χ0) is 37.3. The summed E-state index contributed by atoms with van der Waals surface area (Å²) in [6, 6.07) is 83.6. The number of nitrogens with zero attached hydrogens (tertiary/aromatic N) is 1. The van der Waals surface area contributed by atoms with Crippen molar-refractivity contribution < 1.29 is 0 Å². The zero-order valence-corrected chi connectivity index (χ0v) is 31.0. The van der Waals surface area contributed by atoms with Crippen LogP contribution in [0.1, 0.15) is 22.6 Å². The Morgan fingerprint density at radius 2 is 0.589 bits per heavy atom. The summed E-state index contributed by atoms with van der Waals surface area (Å²) in [5.41, 5.74) is 19.8. The summed E-state index contributed by atoms with van der Waals surface area (Å²) >= 11 is 0. The summed E-state index contributed by atoms with van der Waals surface area (Å²) in [7, 11) is 0. The molecule has 1 aliphatic carbocycles. The molecule has 56 heavy (non-hydrogen) atoms. The lowest BCUT2D eigenvalue weighted by molar-refractivity contribution is 1.02. The smallest absolute Gasteiger partial charge is 0.0462 e. The molecule has 1 atom stereocenters. The highest BCUT2D eigenvalue weighted by Gasteiger charge is 2.29. The molecule has 0 bridgehead atoms. The second-order valence-corrected chi connectivity index (χ2v) is 14.5. The maximum atomic E-state index is 2.38. The van der Waals surface area contributed by atoms with Gasteiger partial charge in [-0.05, 0) is 115 Å². The molecule has 9 aromatic carbocycles. The van der Waals surface area contributed by atoms with Crippen LogP contribution in [0.15, 0.2) is 231 Å². The maximum Gasteiger partial charge on any atom is 0.0462 e. The van der Waals surface area contributed by atoms with Gasteiger partial charge >= 0.3 is 0 Å². The molecule has 0 saturated carbocycles. The Morgan fingerprint density at radius 3 is 1.07 bits per heavy atom. The molecule has 0 radical (unpaired) electrons. The van der Waals surface area contributed by atoms with Crippen molar-refractivity contribution in [3.63, 3.8) is 0 Å². The van der Waals surface area contributed by atoms with Gasteiger partial charge in [-0.25, -0.2) is 0 Å². The highest BCUT2D eigenvalue weighted by atomic mass is 15.1. The van der Waals surface area contributed by atoms with Crippen LogP contribution in [-0.4, -0.2) is 0 Å². The van der Waals surface area contributed by atoms with Crippen molar-refractivity contribution in [2.75, 3.05) is 4.90 Å². The van der Waals surface area contributed by atoms with E-state index in [2.05, 4.69) is 235 Å². The van der Waals surface area contributed by atoms with E-state index in [1.165, 1.54) is 72.3 Å². The van der Waals surface area contributed by atoms with Crippen LogP contribution in [0.5, 0.6) is 0 Å². The van der Waals surface area contributed by atoms with Gasteiger partial charge in [0.05, 0.1) is 0 Å². The first-order valence-electron chi connectivity index (χ1n) is 19.4. The van der Waals surface area contributed by atoms with Crippen LogP contribution in [0.2, 0.25) is 0 Å². The molecule has 1 aliphatic rings. The molecule has 9 aromatic rings. The number of hydrogen-bond donors (Lipinski definition) is 0. The summed E-state index contributed by atoms with van der Waals surface area (Å²) in [6.45, 7) is 0. The number of benzene rings is 9. The average molecular weight is 714 g/mol. The molecule has 0 amide bonds. The van der Waals surface area contributed by atoms with Crippen LogP contribution in [-0.2, 0) is 0 Å². The molecule has 0 saturated heterocycles. The molecule has 1 nitrogen and oxygen atoms in total. The lowest BCUT2D eigenvalue weighted by Crippen LogP contribution is -2.09. The number of fused-ring (bicyclic) bond motifs is 3. The van der Waals surface area contributed by atoms with Gasteiger partial charge in [0.15, 0.2) is 0 Å². The minimum absolute atomic E-state index is 0.264. The largest absolute Gasteiger partial charge is 0.311 e. The van der Waals surface area contributed by atoms with Crippen LogP contribution in [0.3, 0.4) is 0 Å². The molecule has 0 spiro atoms. The number of rotatable bonds is 8. The predicted octanol–water partition coefficient (Wildman–Crippen LogP) is 15.0. The normalized spacial score (nSPS) is 12.8. The lowest BCUT2D eigenvalue weighted by Gasteiger charge is -2.26. The van der Waals surface area contributed by atoms with Gasteiger partial charge in [0.2, 0.25) is 0 Å². The van der Waals surface area contributed by atoms with Gasteiger partial charge in [-0.2, -0.15) is 0 Å². The Hall–Kier alpha value is -7.22. The molecule has 0 fully saturated rings. The van der Waals surface area contributed by atoms with Gasteiger partial charge in [0.1, 0.15) is 0 Å². The van der Waals surface area contributed by atoms with E-state index >= 15 is 0 Å². The molecule has 1 unspecified atom stereocenters. The van der Waals surface area contributed by atoms with Crippen LogP contribution in [0.25, 0.3) is 55.6 Å². The average Bonchev–Trinajstić information content (AvgIpc) is 3.62. The molecule has 1 heteroatoms. The highest BCUT2D eigenvalue weighted by Crippen LogP contribution is 2.49. The third-order valence-electron chi connectivity index (χ3n) is 11.2. The number of anilines is 3. The molecule has 0 aromatic heterocycles. The van der Waals surface area contributed by atoms with Crippen LogP contribution in [0.4, 0.5) is 17.1 Å². The molecule has 10 rings (SSSR count).